The number of rotatable bonds is 5. The zero-order chi connectivity index (χ0) is 17.1. The summed E-state index contributed by atoms with van der Waals surface area (Å²) in [6.45, 7) is 0.271. The molecule has 0 heterocycles. The molecular weight excluding hydrogens is 306 g/mol. The second-order valence-corrected chi connectivity index (χ2v) is 5.82. The van der Waals surface area contributed by atoms with E-state index in [-0.39, 0.29) is 18.0 Å². The van der Waals surface area contributed by atoms with Gasteiger partial charge in [0.2, 0.25) is 0 Å². The van der Waals surface area contributed by atoms with Crippen LogP contribution in [0.3, 0.4) is 0 Å². The summed E-state index contributed by atoms with van der Waals surface area (Å²) in [7, 11) is 1.43. The molecule has 5 heteroatoms. The first-order chi connectivity index (χ1) is 11.6. The summed E-state index contributed by atoms with van der Waals surface area (Å²) in [5.74, 6) is -0.874. The second kappa shape index (κ2) is 6.74. The van der Waals surface area contributed by atoms with Crippen molar-refractivity contribution in [2.24, 2.45) is 0 Å². The highest BCUT2D eigenvalue weighted by Crippen LogP contribution is 2.25. The Morgan fingerprint density at radius 1 is 1.17 bits per heavy atom. The maximum absolute atomic E-state index is 12.5. The molecule has 1 aliphatic carbocycles. The minimum atomic E-state index is -1.05. The lowest BCUT2D eigenvalue weighted by Crippen LogP contribution is -2.24. The highest BCUT2D eigenvalue weighted by molar-refractivity contribution is 5.96. The predicted octanol–water partition coefficient (Wildman–Crippen LogP) is 2.81. The predicted molar refractivity (Wildman–Crippen MR) is 89.6 cm³/mol. The first-order valence-electron chi connectivity index (χ1n) is 7.89. The summed E-state index contributed by atoms with van der Waals surface area (Å²) in [5, 5.41) is 12.1. The maximum atomic E-state index is 12.5. The van der Waals surface area contributed by atoms with Crippen molar-refractivity contribution in [2.45, 2.75) is 25.8 Å². The van der Waals surface area contributed by atoms with Gasteiger partial charge in [-0.15, -0.1) is 0 Å². The van der Waals surface area contributed by atoms with E-state index in [2.05, 4.69) is 11.4 Å². The van der Waals surface area contributed by atoms with E-state index in [9.17, 15) is 14.7 Å². The number of methoxy groups -OCH3 is 1. The third kappa shape index (κ3) is 3.11. The molecule has 0 saturated carbocycles. The van der Waals surface area contributed by atoms with Crippen LogP contribution >= 0.6 is 0 Å². The van der Waals surface area contributed by atoms with E-state index in [1.165, 1.54) is 18.7 Å². The highest BCUT2D eigenvalue weighted by Gasteiger charge is 2.18. The number of aromatic carboxylic acids is 1. The highest BCUT2D eigenvalue weighted by atomic mass is 16.5. The Morgan fingerprint density at radius 2 is 2.00 bits per heavy atom. The molecule has 0 fully saturated rings. The molecule has 3 rings (SSSR count). The van der Waals surface area contributed by atoms with E-state index in [0.717, 1.165) is 30.4 Å². The lowest BCUT2D eigenvalue weighted by molar-refractivity contribution is 0.0693. The lowest BCUT2D eigenvalue weighted by Gasteiger charge is -2.11. The van der Waals surface area contributed by atoms with Gasteiger partial charge in [0, 0.05) is 12.1 Å². The summed E-state index contributed by atoms with van der Waals surface area (Å²) in [6.07, 6.45) is 3.04. The molecule has 0 atom stereocenters. The van der Waals surface area contributed by atoms with Gasteiger partial charge in [0.15, 0.2) is 0 Å². The summed E-state index contributed by atoms with van der Waals surface area (Å²) >= 11 is 0. The molecule has 2 N–H and O–H groups in total. The molecule has 124 valence electrons. The molecule has 0 saturated heterocycles. The molecule has 0 unspecified atom stereocenters. The molecule has 1 amide bonds. The van der Waals surface area contributed by atoms with Crippen LogP contribution < -0.4 is 10.1 Å². The monoisotopic (exact) mass is 325 g/mol. The van der Waals surface area contributed by atoms with Gasteiger partial charge in [-0.1, -0.05) is 18.2 Å². The fourth-order valence-corrected chi connectivity index (χ4v) is 3.14. The fraction of sp³-hybridized carbons (Fsp3) is 0.263. The van der Waals surface area contributed by atoms with E-state index in [1.54, 1.807) is 12.1 Å². The Bertz CT molecular complexity index is 798. The number of hydrogen-bond acceptors (Lipinski definition) is 3. The van der Waals surface area contributed by atoms with E-state index >= 15 is 0 Å². The molecule has 2 aromatic rings. The van der Waals surface area contributed by atoms with Crippen molar-refractivity contribution in [2.75, 3.05) is 7.11 Å². The van der Waals surface area contributed by atoms with E-state index in [1.807, 2.05) is 12.1 Å². The first kappa shape index (κ1) is 16.1. The van der Waals surface area contributed by atoms with Gasteiger partial charge in [0.25, 0.3) is 5.91 Å². The summed E-state index contributed by atoms with van der Waals surface area (Å²) in [4.78, 5) is 23.7. The molecule has 1 aliphatic rings. The zero-order valence-electron chi connectivity index (χ0n) is 13.5. The van der Waals surface area contributed by atoms with Crippen LogP contribution in [0.4, 0.5) is 0 Å². The van der Waals surface area contributed by atoms with Gasteiger partial charge in [0.1, 0.15) is 11.3 Å². The summed E-state index contributed by atoms with van der Waals surface area (Å²) in [6, 6.07) is 10.7. The third-order valence-electron chi connectivity index (χ3n) is 4.34. The number of hydrogen-bond donors (Lipinski definition) is 2. The molecule has 2 aromatic carbocycles. The largest absolute Gasteiger partial charge is 0.496 e. The maximum Gasteiger partial charge on any atom is 0.339 e. The Kier molecular flexibility index (Phi) is 4.51. The van der Waals surface area contributed by atoms with Crippen LogP contribution in [-0.2, 0) is 19.4 Å². The van der Waals surface area contributed by atoms with Crippen molar-refractivity contribution in [1.29, 1.82) is 0 Å². The Hall–Kier alpha value is -2.82. The molecule has 0 spiro atoms. The number of carboxylic acids is 1. The van der Waals surface area contributed by atoms with Crippen molar-refractivity contribution < 1.29 is 19.4 Å². The van der Waals surface area contributed by atoms with Gasteiger partial charge in [-0.05, 0) is 54.2 Å². The standard InChI is InChI=1S/C19H19NO4/c1-24-17-9-8-12(10-16(17)19(22)23)11-20-18(21)15-7-3-5-13-4-2-6-14(13)15/h3,5,7-10H,2,4,6,11H2,1H3,(H,20,21)(H,22,23). The van der Waals surface area contributed by atoms with Crippen LogP contribution in [0.25, 0.3) is 0 Å². The number of carboxylic acid groups (broad SMARTS) is 1. The lowest BCUT2D eigenvalue weighted by atomic mass is 10.0. The quantitative estimate of drug-likeness (QED) is 0.886. The number of amides is 1. The van der Waals surface area contributed by atoms with Gasteiger partial charge >= 0.3 is 5.97 Å². The van der Waals surface area contributed by atoms with Crippen LogP contribution in [-0.4, -0.2) is 24.1 Å². The molecule has 24 heavy (non-hydrogen) atoms. The number of benzene rings is 2. The van der Waals surface area contributed by atoms with Crippen LogP contribution in [0, 0.1) is 0 Å². The third-order valence-corrected chi connectivity index (χ3v) is 4.34. The normalized spacial score (nSPS) is 12.5. The van der Waals surface area contributed by atoms with E-state index in [4.69, 9.17) is 4.74 Å². The Labute approximate surface area is 140 Å². The molecule has 0 aromatic heterocycles. The number of carbonyl (C=O) groups excluding carboxylic acids is 1. The average Bonchev–Trinajstić information content (AvgIpc) is 3.08. The van der Waals surface area contributed by atoms with Gasteiger partial charge in [0.05, 0.1) is 7.11 Å². The van der Waals surface area contributed by atoms with E-state index in [0.29, 0.717) is 11.3 Å². The van der Waals surface area contributed by atoms with Crippen molar-refractivity contribution in [3.05, 3.63) is 64.2 Å². The smallest absolute Gasteiger partial charge is 0.339 e. The van der Waals surface area contributed by atoms with Crippen LogP contribution in [0.2, 0.25) is 0 Å². The molecule has 5 nitrogen and oxygen atoms in total. The van der Waals surface area contributed by atoms with Crippen molar-refractivity contribution in [3.8, 4) is 5.75 Å². The van der Waals surface area contributed by atoms with Gasteiger partial charge in [-0.2, -0.15) is 0 Å². The summed E-state index contributed by atoms with van der Waals surface area (Å²) in [5.41, 5.74) is 3.91. The number of nitrogens with one attached hydrogen (secondary N) is 1. The molecule has 0 bridgehead atoms. The Morgan fingerprint density at radius 3 is 2.75 bits per heavy atom. The van der Waals surface area contributed by atoms with E-state index < -0.39 is 5.97 Å². The second-order valence-electron chi connectivity index (χ2n) is 5.82. The van der Waals surface area contributed by atoms with Gasteiger partial charge in [-0.25, -0.2) is 4.79 Å². The minimum Gasteiger partial charge on any atom is -0.496 e. The van der Waals surface area contributed by atoms with Crippen LogP contribution in [0.1, 0.15) is 43.8 Å². The van der Waals surface area contributed by atoms with Gasteiger partial charge < -0.3 is 15.2 Å². The van der Waals surface area contributed by atoms with Crippen LogP contribution in [0.5, 0.6) is 5.75 Å². The number of fused-ring (bicyclic) bond motifs is 1. The number of carbonyl (C=O) groups is 2. The van der Waals surface area contributed by atoms with Crippen molar-refractivity contribution in [1.82, 2.24) is 5.32 Å². The molecule has 0 aliphatic heterocycles. The minimum absolute atomic E-state index is 0.0878. The zero-order valence-corrected chi connectivity index (χ0v) is 13.5. The number of ether oxygens (including phenoxy) is 1. The first-order valence-corrected chi connectivity index (χ1v) is 7.89. The fourth-order valence-electron chi connectivity index (χ4n) is 3.14. The molecule has 0 radical (unpaired) electrons. The average molecular weight is 325 g/mol. The Balaban J connectivity index is 1.74. The van der Waals surface area contributed by atoms with Crippen LogP contribution in [0.15, 0.2) is 36.4 Å². The molecular formula is C19H19NO4. The summed E-state index contributed by atoms with van der Waals surface area (Å²) < 4.78 is 5.04. The topological polar surface area (TPSA) is 75.6 Å². The van der Waals surface area contributed by atoms with Crippen molar-refractivity contribution in [3.63, 3.8) is 0 Å². The number of aryl methyl sites for hydroxylation is 1. The van der Waals surface area contributed by atoms with Crippen molar-refractivity contribution >= 4 is 11.9 Å². The SMILES string of the molecule is COc1ccc(CNC(=O)c2cccc3c2CCC3)cc1C(=O)O. The van der Waals surface area contributed by atoms with Gasteiger partial charge in [-0.3, -0.25) is 4.79 Å².